The van der Waals surface area contributed by atoms with E-state index in [1.54, 1.807) is 18.2 Å². The lowest BCUT2D eigenvalue weighted by molar-refractivity contribution is -0.385. The highest BCUT2D eigenvalue weighted by Crippen LogP contribution is 2.20. The van der Waals surface area contributed by atoms with Gasteiger partial charge in [0.1, 0.15) is 0 Å². The first-order valence-electron chi connectivity index (χ1n) is 7.79. The molecular formula is C19H20N2O3. The molecule has 5 nitrogen and oxygen atoms in total. The van der Waals surface area contributed by atoms with Gasteiger partial charge in [0.2, 0.25) is 5.91 Å². The Morgan fingerprint density at radius 3 is 2.50 bits per heavy atom. The Morgan fingerprint density at radius 1 is 1.21 bits per heavy atom. The quantitative estimate of drug-likeness (QED) is 0.492. The van der Waals surface area contributed by atoms with Gasteiger partial charge in [-0.05, 0) is 31.1 Å². The molecule has 2 aromatic carbocycles. The fraction of sp³-hybridized carbons (Fsp3) is 0.211. The number of hydrogen-bond donors (Lipinski definition) is 1. The molecular weight excluding hydrogens is 304 g/mol. The van der Waals surface area contributed by atoms with E-state index in [2.05, 4.69) is 5.32 Å². The summed E-state index contributed by atoms with van der Waals surface area (Å²) in [7, 11) is 0. The van der Waals surface area contributed by atoms with Gasteiger partial charge in [-0.25, -0.2) is 0 Å². The zero-order valence-electron chi connectivity index (χ0n) is 13.7. The maximum Gasteiger partial charge on any atom is 0.276 e. The number of carbonyl (C=O) groups is 1. The highest BCUT2D eigenvalue weighted by atomic mass is 16.6. The third-order valence-electron chi connectivity index (χ3n) is 3.75. The third kappa shape index (κ3) is 4.52. The van der Waals surface area contributed by atoms with E-state index in [0.717, 1.165) is 17.5 Å². The summed E-state index contributed by atoms with van der Waals surface area (Å²) in [5.41, 5.74) is 2.58. The minimum Gasteiger partial charge on any atom is -0.346 e. The maximum atomic E-state index is 12.1. The van der Waals surface area contributed by atoms with Crippen LogP contribution in [0.5, 0.6) is 0 Å². The predicted molar refractivity (Wildman–Crippen MR) is 94.5 cm³/mol. The fourth-order valence-electron chi connectivity index (χ4n) is 2.40. The lowest BCUT2D eigenvalue weighted by atomic mass is 10.0. The molecule has 24 heavy (non-hydrogen) atoms. The Bertz CT molecular complexity index is 751. The molecule has 0 radical (unpaired) electrons. The third-order valence-corrected chi connectivity index (χ3v) is 3.75. The van der Waals surface area contributed by atoms with Crippen LogP contribution in [0.15, 0.2) is 54.6 Å². The molecule has 1 amide bonds. The van der Waals surface area contributed by atoms with E-state index in [1.165, 1.54) is 18.2 Å². The second-order valence-electron chi connectivity index (χ2n) is 5.53. The lowest BCUT2D eigenvalue weighted by Crippen LogP contribution is -2.26. The molecule has 0 bridgehead atoms. The van der Waals surface area contributed by atoms with Crippen molar-refractivity contribution in [1.29, 1.82) is 0 Å². The van der Waals surface area contributed by atoms with Crippen molar-refractivity contribution in [2.24, 2.45) is 0 Å². The van der Waals surface area contributed by atoms with Crippen LogP contribution in [-0.2, 0) is 4.79 Å². The van der Waals surface area contributed by atoms with Gasteiger partial charge >= 0.3 is 0 Å². The fourth-order valence-corrected chi connectivity index (χ4v) is 2.40. The van der Waals surface area contributed by atoms with E-state index in [0.29, 0.717) is 5.56 Å². The molecule has 0 unspecified atom stereocenters. The van der Waals surface area contributed by atoms with Gasteiger partial charge in [-0.2, -0.15) is 0 Å². The number of nitro groups is 1. The molecule has 0 fully saturated rings. The largest absolute Gasteiger partial charge is 0.346 e. The maximum absolute atomic E-state index is 12.1. The van der Waals surface area contributed by atoms with Crippen molar-refractivity contribution in [2.45, 2.75) is 26.3 Å². The minimum absolute atomic E-state index is 0.0212. The summed E-state index contributed by atoms with van der Waals surface area (Å²) < 4.78 is 0. The molecule has 0 saturated heterocycles. The minimum atomic E-state index is -0.460. The van der Waals surface area contributed by atoms with Crippen LogP contribution in [0.25, 0.3) is 6.08 Å². The summed E-state index contributed by atoms with van der Waals surface area (Å²) in [4.78, 5) is 22.7. The van der Waals surface area contributed by atoms with Crippen molar-refractivity contribution < 1.29 is 9.72 Å². The summed E-state index contributed by atoms with van der Waals surface area (Å²) in [6, 6.07) is 14.2. The van der Waals surface area contributed by atoms with Crippen molar-refractivity contribution in [1.82, 2.24) is 5.32 Å². The van der Waals surface area contributed by atoms with E-state index in [-0.39, 0.29) is 17.6 Å². The molecule has 0 saturated carbocycles. The summed E-state index contributed by atoms with van der Waals surface area (Å²) in [6.45, 7) is 4.01. The number of benzene rings is 2. The van der Waals surface area contributed by atoms with Crippen LogP contribution in [0.3, 0.4) is 0 Å². The van der Waals surface area contributed by atoms with Crippen LogP contribution in [0.4, 0.5) is 5.69 Å². The van der Waals surface area contributed by atoms with E-state index in [1.807, 2.05) is 38.1 Å². The van der Waals surface area contributed by atoms with Crippen LogP contribution in [0.1, 0.15) is 36.1 Å². The smallest absolute Gasteiger partial charge is 0.276 e. The lowest BCUT2D eigenvalue weighted by Gasteiger charge is -2.16. The number of amides is 1. The molecule has 124 valence electrons. The van der Waals surface area contributed by atoms with E-state index in [9.17, 15) is 14.9 Å². The van der Waals surface area contributed by atoms with Crippen LogP contribution in [0.2, 0.25) is 0 Å². The normalized spacial score (nSPS) is 12.1. The molecule has 0 heterocycles. The Balaban J connectivity index is 2.09. The van der Waals surface area contributed by atoms with Gasteiger partial charge in [0.15, 0.2) is 0 Å². The first kappa shape index (κ1) is 17.4. The molecule has 5 heteroatoms. The van der Waals surface area contributed by atoms with E-state index in [4.69, 9.17) is 0 Å². The number of nitrogens with one attached hydrogen (secondary N) is 1. The van der Waals surface area contributed by atoms with Gasteiger partial charge in [0, 0.05) is 12.1 Å². The van der Waals surface area contributed by atoms with Crippen LogP contribution in [-0.4, -0.2) is 10.8 Å². The Hall–Kier alpha value is -2.95. The monoisotopic (exact) mass is 324 g/mol. The van der Waals surface area contributed by atoms with Crippen molar-refractivity contribution >= 4 is 17.7 Å². The first-order valence-corrected chi connectivity index (χ1v) is 7.79. The number of nitro benzene ring substituents is 1. The second kappa shape index (κ2) is 8.06. The van der Waals surface area contributed by atoms with Crippen molar-refractivity contribution in [3.05, 3.63) is 81.4 Å². The van der Waals surface area contributed by atoms with Crippen LogP contribution < -0.4 is 5.32 Å². The summed E-state index contributed by atoms with van der Waals surface area (Å²) in [6.07, 6.45) is 3.56. The number of para-hydroxylation sites is 1. The summed E-state index contributed by atoms with van der Waals surface area (Å²) in [5, 5.41) is 13.9. The van der Waals surface area contributed by atoms with Crippen molar-refractivity contribution in [3.63, 3.8) is 0 Å². The Morgan fingerprint density at radius 2 is 1.88 bits per heavy atom. The van der Waals surface area contributed by atoms with Gasteiger partial charge in [0.25, 0.3) is 5.69 Å². The zero-order chi connectivity index (χ0) is 17.5. The highest BCUT2D eigenvalue weighted by molar-refractivity contribution is 5.92. The predicted octanol–water partition coefficient (Wildman–Crippen LogP) is 4.18. The number of hydrogen-bond acceptors (Lipinski definition) is 3. The van der Waals surface area contributed by atoms with Crippen LogP contribution >= 0.6 is 0 Å². The van der Waals surface area contributed by atoms with Gasteiger partial charge in [-0.3, -0.25) is 14.9 Å². The molecule has 0 aliphatic rings. The number of rotatable bonds is 6. The molecule has 0 aliphatic heterocycles. The van der Waals surface area contributed by atoms with Crippen LogP contribution in [0, 0.1) is 17.0 Å². The first-order chi connectivity index (χ1) is 11.5. The molecule has 2 aromatic rings. The SMILES string of the molecule is CC[C@@H](NC(=O)/C=C/c1ccccc1[N+](=O)[O-])c1ccc(C)cc1. The zero-order valence-corrected chi connectivity index (χ0v) is 13.7. The second-order valence-corrected chi connectivity index (χ2v) is 5.53. The van der Waals surface area contributed by atoms with Crippen molar-refractivity contribution in [3.8, 4) is 0 Å². The standard InChI is InChI=1S/C19H20N2O3/c1-3-17(15-10-8-14(2)9-11-15)20-19(22)13-12-16-6-4-5-7-18(16)21(23)24/h4-13,17H,3H2,1-2H3,(H,20,22)/b13-12+/t17-/m1/s1. The molecule has 2 rings (SSSR count). The number of nitrogens with zero attached hydrogens (tertiary/aromatic N) is 1. The Labute approximate surface area is 141 Å². The molecule has 0 aromatic heterocycles. The highest BCUT2D eigenvalue weighted by Gasteiger charge is 2.12. The van der Waals surface area contributed by atoms with E-state index < -0.39 is 4.92 Å². The van der Waals surface area contributed by atoms with E-state index >= 15 is 0 Å². The van der Waals surface area contributed by atoms with Gasteiger partial charge in [0.05, 0.1) is 16.5 Å². The summed E-state index contributed by atoms with van der Waals surface area (Å²) in [5.74, 6) is -0.277. The average Bonchev–Trinajstić information content (AvgIpc) is 2.59. The average molecular weight is 324 g/mol. The van der Waals surface area contributed by atoms with Gasteiger partial charge in [-0.1, -0.05) is 48.9 Å². The topological polar surface area (TPSA) is 72.2 Å². The Kier molecular flexibility index (Phi) is 5.84. The van der Waals surface area contributed by atoms with Gasteiger partial charge in [-0.15, -0.1) is 0 Å². The molecule has 0 spiro atoms. The van der Waals surface area contributed by atoms with Gasteiger partial charge < -0.3 is 5.32 Å². The number of carbonyl (C=O) groups excluding carboxylic acids is 1. The van der Waals surface area contributed by atoms with Crippen molar-refractivity contribution in [2.75, 3.05) is 0 Å². The number of aryl methyl sites for hydroxylation is 1. The summed E-state index contributed by atoms with van der Waals surface area (Å²) >= 11 is 0. The molecule has 1 atom stereocenters. The molecule has 1 N–H and O–H groups in total. The molecule has 0 aliphatic carbocycles.